The Morgan fingerprint density at radius 1 is 1.33 bits per heavy atom. The summed E-state index contributed by atoms with van der Waals surface area (Å²) in [5.41, 5.74) is 0.541. The van der Waals surface area contributed by atoms with Gasteiger partial charge in [-0.15, -0.1) is 0 Å². The highest BCUT2D eigenvalue weighted by atomic mass is 35.5. The molecule has 0 saturated carbocycles. The first kappa shape index (κ1) is 15.3. The van der Waals surface area contributed by atoms with Gasteiger partial charge in [0.15, 0.2) is 0 Å². The number of nitrogens with zero attached hydrogens (tertiary/aromatic N) is 1. The quantitative estimate of drug-likeness (QED) is 0.895. The van der Waals surface area contributed by atoms with Crippen molar-refractivity contribution in [2.24, 2.45) is 0 Å². The van der Waals surface area contributed by atoms with Crippen molar-refractivity contribution in [1.29, 1.82) is 0 Å². The second-order valence-electron chi connectivity index (χ2n) is 4.18. The van der Waals surface area contributed by atoms with E-state index in [4.69, 9.17) is 11.6 Å². The lowest BCUT2D eigenvalue weighted by Gasteiger charge is -2.20. The summed E-state index contributed by atoms with van der Waals surface area (Å²) in [7, 11) is 1.37. The molecule has 1 aromatic rings. The standard InChI is InChI=1S/C12H15ClF3NO/c1-17(8-12(14,15)16)7-6-11(18)9-4-2-3-5-10(9)13/h2-5,11,18H,6-8H2,1H3. The predicted molar refractivity (Wildman–Crippen MR) is 64.6 cm³/mol. The van der Waals surface area contributed by atoms with Crippen LogP contribution in [-0.4, -0.2) is 36.3 Å². The molecule has 0 aliphatic heterocycles. The molecule has 0 aliphatic carbocycles. The van der Waals surface area contributed by atoms with Crippen LogP contribution in [0.2, 0.25) is 5.02 Å². The molecule has 0 aliphatic rings. The third-order valence-corrected chi connectivity index (χ3v) is 2.84. The molecule has 6 heteroatoms. The first-order valence-electron chi connectivity index (χ1n) is 5.47. The molecule has 1 atom stereocenters. The summed E-state index contributed by atoms with van der Waals surface area (Å²) in [4.78, 5) is 1.13. The van der Waals surface area contributed by atoms with Crippen molar-refractivity contribution in [2.45, 2.75) is 18.7 Å². The Morgan fingerprint density at radius 2 is 1.94 bits per heavy atom. The Balaban J connectivity index is 2.47. The van der Waals surface area contributed by atoms with Crippen LogP contribution in [0.3, 0.4) is 0 Å². The number of alkyl halides is 3. The van der Waals surface area contributed by atoms with Crippen LogP contribution in [0.4, 0.5) is 13.2 Å². The van der Waals surface area contributed by atoms with Gasteiger partial charge in [-0.2, -0.15) is 13.2 Å². The molecule has 0 bridgehead atoms. The molecule has 0 spiro atoms. The topological polar surface area (TPSA) is 23.5 Å². The van der Waals surface area contributed by atoms with Gasteiger partial charge in [0, 0.05) is 11.6 Å². The van der Waals surface area contributed by atoms with Gasteiger partial charge in [-0.05, 0) is 25.1 Å². The van der Waals surface area contributed by atoms with E-state index in [1.165, 1.54) is 7.05 Å². The normalized spacial score (nSPS) is 13.9. The van der Waals surface area contributed by atoms with Gasteiger partial charge in [0.25, 0.3) is 0 Å². The molecule has 0 amide bonds. The number of aliphatic hydroxyl groups is 1. The molecule has 2 nitrogen and oxygen atoms in total. The Morgan fingerprint density at radius 3 is 2.50 bits per heavy atom. The maximum Gasteiger partial charge on any atom is 0.401 e. The van der Waals surface area contributed by atoms with Crippen molar-refractivity contribution in [3.8, 4) is 0 Å². The van der Waals surface area contributed by atoms with E-state index in [0.717, 1.165) is 4.90 Å². The third kappa shape index (κ3) is 5.25. The van der Waals surface area contributed by atoms with Crippen molar-refractivity contribution >= 4 is 11.6 Å². The molecule has 1 aromatic carbocycles. The summed E-state index contributed by atoms with van der Waals surface area (Å²) in [6.07, 6.45) is -4.87. The summed E-state index contributed by atoms with van der Waals surface area (Å²) in [5, 5.41) is 10.3. The summed E-state index contributed by atoms with van der Waals surface area (Å²) in [6, 6.07) is 6.76. The molecule has 1 unspecified atom stereocenters. The van der Waals surface area contributed by atoms with Crippen LogP contribution < -0.4 is 0 Å². The summed E-state index contributed by atoms with van der Waals surface area (Å²) in [5.74, 6) is 0. The zero-order chi connectivity index (χ0) is 13.8. The highest BCUT2D eigenvalue weighted by Gasteiger charge is 2.29. The van der Waals surface area contributed by atoms with Gasteiger partial charge in [-0.25, -0.2) is 0 Å². The Labute approximate surface area is 109 Å². The fourth-order valence-electron chi connectivity index (χ4n) is 1.63. The van der Waals surface area contributed by atoms with E-state index in [9.17, 15) is 18.3 Å². The van der Waals surface area contributed by atoms with Crippen molar-refractivity contribution in [3.63, 3.8) is 0 Å². The number of aliphatic hydroxyl groups excluding tert-OH is 1. The molecule has 1 rings (SSSR count). The van der Waals surface area contributed by atoms with E-state index in [0.29, 0.717) is 10.6 Å². The van der Waals surface area contributed by atoms with Crippen molar-refractivity contribution in [3.05, 3.63) is 34.9 Å². The minimum atomic E-state index is -4.22. The van der Waals surface area contributed by atoms with Gasteiger partial charge in [-0.1, -0.05) is 29.8 Å². The summed E-state index contributed by atoms with van der Waals surface area (Å²) >= 11 is 5.89. The zero-order valence-electron chi connectivity index (χ0n) is 9.91. The van der Waals surface area contributed by atoms with Crippen LogP contribution in [0.5, 0.6) is 0 Å². The molecule has 1 N–H and O–H groups in total. The van der Waals surface area contributed by atoms with Crippen LogP contribution >= 0.6 is 11.6 Å². The Kier molecular flexibility index (Phi) is 5.44. The minimum absolute atomic E-state index is 0.145. The lowest BCUT2D eigenvalue weighted by Crippen LogP contribution is -2.32. The van der Waals surface area contributed by atoms with Crippen LogP contribution in [0.15, 0.2) is 24.3 Å². The molecule has 0 radical (unpaired) electrons. The van der Waals surface area contributed by atoms with Crippen molar-refractivity contribution in [2.75, 3.05) is 20.1 Å². The van der Waals surface area contributed by atoms with Crippen molar-refractivity contribution in [1.82, 2.24) is 4.90 Å². The number of hydrogen-bond donors (Lipinski definition) is 1. The molecule has 0 aromatic heterocycles. The predicted octanol–water partition coefficient (Wildman–Crippen LogP) is 3.26. The maximum absolute atomic E-state index is 12.1. The first-order chi connectivity index (χ1) is 8.29. The second kappa shape index (κ2) is 6.41. The van der Waals surface area contributed by atoms with Gasteiger partial charge in [-0.3, -0.25) is 4.90 Å². The minimum Gasteiger partial charge on any atom is -0.388 e. The van der Waals surface area contributed by atoms with E-state index >= 15 is 0 Å². The lowest BCUT2D eigenvalue weighted by molar-refractivity contribution is -0.143. The number of hydrogen-bond acceptors (Lipinski definition) is 2. The fourth-order valence-corrected chi connectivity index (χ4v) is 1.89. The summed E-state index contributed by atoms with van der Waals surface area (Å²) in [6.45, 7) is -0.839. The van der Waals surface area contributed by atoms with Gasteiger partial charge in [0.2, 0.25) is 0 Å². The smallest absolute Gasteiger partial charge is 0.388 e. The van der Waals surface area contributed by atoms with Gasteiger partial charge in [0.05, 0.1) is 12.6 Å². The molecule has 0 fully saturated rings. The van der Waals surface area contributed by atoms with E-state index in [1.54, 1.807) is 24.3 Å². The molecular formula is C12H15ClF3NO. The van der Waals surface area contributed by atoms with Gasteiger partial charge >= 0.3 is 6.18 Å². The number of halogens is 4. The number of rotatable bonds is 5. The van der Waals surface area contributed by atoms with Crippen LogP contribution in [0.1, 0.15) is 18.1 Å². The zero-order valence-corrected chi connectivity index (χ0v) is 10.7. The first-order valence-corrected chi connectivity index (χ1v) is 5.85. The van der Waals surface area contributed by atoms with Crippen LogP contribution in [-0.2, 0) is 0 Å². The monoisotopic (exact) mass is 281 g/mol. The fraction of sp³-hybridized carbons (Fsp3) is 0.500. The molecule has 0 saturated heterocycles. The van der Waals surface area contributed by atoms with Crippen LogP contribution in [0, 0.1) is 0 Å². The Bertz CT molecular complexity index is 384. The van der Waals surface area contributed by atoms with Crippen molar-refractivity contribution < 1.29 is 18.3 Å². The highest BCUT2D eigenvalue weighted by molar-refractivity contribution is 6.31. The van der Waals surface area contributed by atoms with E-state index < -0.39 is 18.8 Å². The molecule has 0 heterocycles. The lowest BCUT2D eigenvalue weighted by atomic mass is 10.1. The average Bonchev–Trinajstić information content (AvgIpc) is 2.24. The van der Waals surface area contributed by atoms with Crippen LogP contribution in [0.25, 0.3) is 0 Å². The van der Waals surface area contributed by atoms with E-state index in [2.05, 4.69) is 0 Å². The molecule has 102 valence electrons. The average molecular weight is 282 g/mol. The van der Waals surface area contributed by atoms with E-state index in [1.807, 2.05) is 0 Å². The SMILES string of the molecule is CN(CCC(O)c1ccccc1Cl)CC(F)(F)F. The highest BCUT2D eigenvalue weighted by Crippen LogP contribution is 2.25. The summed E-state index contributed by atoms with van der Waals surface area (Å²) < 4.78 is 36.3. The second-order valence-corrected chi connectivity index (χ2v) is 4.59. The van der Waals surface area contributed by atoms with Gasteiger partial charge in [0.1, 0.15) is 0 Å². The van der Waals surface area contributed by atoms with E-state index in [-0.39, 0.29) is 13.0 Å². The third-order valence-electron chi connectivity index (χ3n) is 2.50. The molecular weight excluding hydrogens is 267 g/mol. The number of benzene rings is 1. The molecule has 18 heavy (non-hydrogen) atoms. The Hall–Kier alpha value is -0.780. The van der Waals surface area contributed by atoms with Gasteiger partial charge < -0.3 is 5.11 Å². The largest absolute Gasteiger partial charge is 0.401 e. The maximum atomic E-state index is 12.1.